The van der Waals surface area contributed by atoms with Crippen molar-refractivity contribution in [1.29, 1.82) is 0 Å². The molecule has 3 N–H and O–H groups in total. The third-order valence-corrected chi connectivity index (χ3v) is 4.70. The van der Waals surface area contributed by atoms with Crippen molar-refractivity contribution in [3.63, 3.8) is 0 Å². The molecule has 1 aromatic carbocycles. The Morgan fingerprint density at radius 2 is 2.15 bits per heavy atom. The molecule has 0 radical (unpaired) electrons. The molecular weight excluding hydrogens is 354 g/mol. The van der Waals surface area contributed by atoms with E-state index in [0.717, 1.165) is 24.9 Å². The lowest BCUT2D eigenvalue weighted by molar-refractivity contribution is -0.128. The number of nitrogens with one attached hydrogen (secondary N) is 1. The Bertz CT molecular complexity index is 790. The Labute approximate surface area is 157 Å². The largest absolute Gasteiger partial charge is 0.459 e. The number of likely N-dealkylation sites (tertiary alicyclic amines) is 1. The summed E-state index contributed by atoms with van der Waals surface area (Å²) in [6, 6.07) is 11.1. The van der Waals surface area contributed by atoms with Crippen molar-refractivity contribution < 1.29 is 14.0 Å². The van der Waals surface area contributed by atoms with E-state index < -0.39 is 0 Å². The topological polar surface area (TPSA) is 88.6 Å². The second kappa shape index (κ2) is 8.38. The van der Waals surface area contributed by atoms with Gasteiger partial charge in [0.05, 0.1) is 19.0 Å². The predicted molar refractivity (Wildman–Crippen MR) is 99.4 cm³/mol. The number of nitrogens with two attached hydrogens (primary N) is 1. The van der Waals surface area contributed by atoms with Crippen LogP contribution < -0.4 is 11.1 Å². The van der Waals surface area contributed by atoms with Gasteiger partial charge in [0.2, 0.25) is 11.8 Å². The molecule has 7 heteroatoms. The average Bonchev–Trinajstić information content (AvgIpc) is 3.08. The van der Waals surface area contributed by atoms with E-state index in [9.17, 15) is 9.59 Å². The number of piperidine rings is 1. The third kappa shape index (κ3) is 4.86. The Kier molecular flexibility index (Phi) is 5.96. The summed E-state index contributed by atoms with van der Waals surface area (Å²) in [5.74, 6) is 0.862. The monoisotopic (exact) mass is 375 g/mol. The summed E-state index contributed by atoms with van der Waals surface area (Å²) in [6.07, 6.45) is 1.69. The first-order valence-corrected chi connectivity index (χ1v) is 9.02. The fourth-order valence-corrected chi connectivity index (χ4v) is 3.41. The molecule has 0 aliphatic carbocycles. The minimum Gasteiger partial charge on any atom is -0.459 e. The van der Waals surface area contributed by atoms with Crippen LogP contribution in [-0.4, -0.2) is 36.3 Å². The number of carbonyl (C=O) groups is 2. The summed E-state index contributed by atoms with van der Waals surface area (Å²) >= 11 is 6.00. The lowest BCUT2D eigenvalue weighted by Gasteiger charge is -2.30. The minimum atomic E-state index is -0.366. The van der Waals surface area contributed by atoms with Crippen LogP contribution in [0.3, 0.4) is 0 Å². The number of halogens is 1. The van der Waals surface area contributed by atoms with E-state index in [1.165, 1.54) is 0 Å². The van der Waals surface area contributed by atoms with Crippen LogP contribution in [-0.2, 0) is 16.1 Å². The summed E-state index contributed by atoms with van der Waals surface area (Å²) in [7, 11) is 0. The van der Waals surface area contributed by atoms with Gasteiger partial charge in [0.1, 0.15) is 11.5 Å². The van der Waals surface area contributed by atoms with Crippen molar-refractivity contribution in [2.24, 2.45) is 11.7 Å². The van der Waals surface area contributed by atoms with E-state index in [2.05, 4.69) is 5.32 Å². The van der Waals surface area contributed by atoms with Crippen LogP contribution in [0.4, 0.5) is 0 Å². The second-order valence-electron chi connectivity index (χ2n) is 6.53. The summed E-state index contributed by atoms with van der Waals surface area (Å²) in [5.41, 5.74) is 6.13. The number of amides is 2. The number of hydrogen-bond acceptors (Lipinski definition) is 4. The van der Waals surface area contributed by atoms with E-state index in [0.29, 0.717) is 29.6 Å². The Morgan fingerprint density at radius 1 is 1.31 bits per heavy atom. The molecule has 1 aliphatic heterocycles. The smallest absolute Gasteiger partial charge is 0.231 e. The molecule has 3 rings (SSSR count). The summed E-state index contributed by atoms with van der Waals surface area (Å²) in [5, 5.41) is 3.56. The first-order chi connectivity index (χ1) is 12.5. The standard InChI is InChI=1S/C19H22ClN3O3/c20-15-5-1-3-13(9-15)17-7-6-16(26-17)10-22-19(25)14-4-2-8-23(11-14)12-18(21)24/h1,3,5-7,9,14H,2,4,8,10-12H2,(H2,21,24)(H,22,25)/t14-/m0/s1. The SMILES string of the molecule is NC(=O)CN1CCC[C@H](C(=O)NCc2ccc(-c3cccc(Cl)c3)o2)C1. The van der Waals surface area contributed by atoms with Gasteiger partial charge in [-0.15, -0.1) is 0 Å². The van der Waals surface area contributed by atoms with Crippen molar-refractivity contribution in [2.45, 2.75) is 19.4 Å². The van der Waals surface area contributed by atoms with E-state index in [1.807, 2.05) is 35.2 Å². The zero-order valence-electron chi connectivity index (χ0n) is 14.4. The molecule has 6 nitrogen and oxygen atoms in total. The average molecular weight is 376 g/mol. The lowest BCUT2D eigenvalue weighted by atomic mass is 9.97. The molecule has 0 spiro atoms. The molecule has 0 unspecified atom stereocenters. The highest BCUT2D eigenvalue weighted by Gasteiger charge is 2.26. The molecule has 0 saturated carbocycles. The molecule has 2 amide bonds. The minimum absolute atomic E-state index is 0.0279. The van der Waals surface area contributed by atoms with Crippen LogP contribution in [0.25, 0.3) is 11.3 Å². The molecule has 1 fully saturated rings. The number of carbonyl (C=O) groups excluding carboxylic acids is 2. The highest BCUT2D eigenvalue weighted by molar-refractivity contribution is 6.30. The normalized spacial score (nSPS) is 17.8. The van der Waals surface area contributed by atoms with Crippen molar-refractivity contribution in [3.05, 3.63) is 47.2 Å². The van der Waals surface area contributed by atoms with Crippen molar-refractivity contribution in [2.75, 3.05) is 19.6 Å². The van der Waals surface area contributed by atoms with E-state index in [1.54, 1.807) is 6.07 Å². The first-order valence-electron chi connectivity index (χ1n) is 8.64. The van der Waals surface area contributed by atoms with Gasteiger partial charge < -0.3 is 15.5 Å². The fourth-order valence-electron chi connectivity index (χ4n) is 3.22. The van der Waals surface area contributed by atoms with E-state index in [-0.39, 0.29) is 24.3 Å². The number of benzene rings is 1. The van der Waals surface area contributed by atoms with Crippen LogP contribution in [0.1, 0.15) is 18.6 Å². The van der Waals surface area contributed by atoms with Crippen molar-refractivity contribution in [3.8, 4) is 11.3 Å². The molecule has 2 heterocycles. The van der Waals surface area contributed by atoms with Gasteiger partial charge in [-0.05, 0) is 43.7 Å². The van der Waals surface area contributed by atoms with Gasteiger partial charge in [0.15, 0.2) is 0 Å². The summed E-state index contributed by atoms with van der Waals surface area (Å²) in [4.78, 5) is 25.4. The van der Waals surface area contributed by atoms with Crippen LogP contribution in [0.15, 0.2) is 40.8 Å². The zero-order valence-corrected chi connectivity index (χ0v) is 15.2. The van der Waals surface area contributed by atoms with Gasteiger partial charge in [0.25, 0.3) is 0 Å². The molecular formula is C19H22ClN3O3. The highest BCUT2D eigenvalue weighted by Crippen LogP contribution is 2.25. The lowest BCUT2D eigenvalue weighted by Crippen LogP contribution is -2.45. The maximum atomic E-state index is 12.4. The van der Waals surface area contributed by atoms with Gasteiger partial charge in [0, 0.05) is 17.1 Å². The molecule has 1 aromatic heterocycles. The fraction of sp³-hybridized carbons (Fsp3) is 0.368. The van der Waals surface area contributed by atoms with Gasteiger partial charge >= 0.3 is 0 Å². The van der Waals surface area contributed by atoms with Gasteiger partial charge in [-0.25, -0.2) is 0 Å². The van der Waals surface area contributed by atoms with Crippen LogP contribution in [0.5, 0.6) is 0 Å². The number of hydrogen-bond donors (Lipinski definition) is 2. The molecule has 1 aliphatic rings. The number of furan rings is 1. The number of primary amides is 1. The van der Waals surface area contributed by atoms with Crippen molar-refractivity contribution in [1.82, 2.24) is 10.2 Å². The second-order valence-corrected chi connectivity index (χ2v) is 6.97. The van der Waals surface area contributed by atoms with E-state index >= 15 is 0 Å². The van der Waals surface area contributed by atoms with Gasteiger partial charge in [-0.3, -0.25) is 14.5 Å². The van der Waals surface area contributed by atoms with Crippen LogP contribution in [0.2, 0.25) is 5.02 Å². The third-order valence-electron chi connectivity index (χ3n) is 4.46. The summed E-state index contributed by atoms with van der Waals surface area (Å²) < 4.78 is 5.79. The molecule has 0 bridgehead atoms. The number of rotatable bonds is 6. The maximum Gasteiger partial charge on any atom is 0.231 e. The van der Waals surface area contributed by atoms with Gasteiger partial charge in [-0.1, -0.05) is 23.7 Å². The van der Waals surface area contributed by atoms with Crippen LogP contribution >= 0.6 is 11.6 Å². The molecule has 26 heavy (non-hydrogen) atoms. The predicted octanol–water partition coefficient (Wildman–Crippen LogP) is 2.41. The Balaban J connectivity index is 1.54. The highest BCUT2D eigenvalue weighted by atomic mass is 35.5. The summed E-state index contributed by atoms with van der Waals surface area (Å²) in [6.45, 7) is 1.88. The van der Waals surface area contributed by atoms with Crippen molar-refractivity contribution >= 4 is 23.4 Å². The molecule has 2 aromatic rings. The Morgan fingerprint density at radius 3 is 2.92 bits per heavy atom. The molecule has 1 atom stereocenters. The molecule has 138 valence electrons. The van der Waals surface area contributed by atoms with Gasteiger partial charge in [-0.2, -0.15) is 0 Å². The quantitative estimate of drug-likeness (QED) is 0.811. The maximum absolute atomic E-state index is 12.4. The Hall–Kier alpha value is -2.31. The van der Waals surface area contributed by atoms with E-state index in [4.69, 9.17) is 21.8 Å². The molecule has 1 saturated heterocycles. The number of nitrogens with zero attached hydrogens (tertiary/aromatic N) is 1. The van der Waals surface area contributed by atoms with Crippen LogP contribution in [0, 0.1) is 5.92 Å². The first kappa shape index (κ1) is 18.5. The zero-order chi connectivity index (χ0) is 18.5.